The van der Waals surface area contributed by atoms with Crippen molar-refractivity contribution in [2.45, 2.75) is 38.8 Å². The van der Waals surface area contributed by atoms with Crippen LogP contribution in [0, 0.1) is 0 Å². The Bertz CT molecular complexity index is 791. The largest absolute Gasteiger partial charge is 0.454 e. The summed E-state index contributed by atoms with van der Waals surface area (Å²) >= 11 is 0. The summed E-state index contributed by atoms with van der Waals surface area (Å²) in [4.78, 5) is 36.2. The molecule has 2 unspecified atom stereocenters. The molecule has 2 atom stereocenters. The number of hydrogen-bond donors (Lipinski definition) is 0. The third-order valence-electron chi connectivity index (χ3n) is 4.43. The second-order valence-electron chi connectivity index (χ2n) is 6.02. The van der Waals surface area contributed by atoms with Gasteiger partial charge < -0.3 is 9.30 Å². The van der Waals surface area contributed by atoms with E-state index in [9.17, 15) is 14.4 Å². The Morgan fingerprint density at radius 1 is 1.12 bits per heavy atom. The predicted molar refractivity (Wildman–Crippen MR) is 87.9 cm³/mol. The van der Waals surface area contributed by atoms with E-state index in [1.807, 2.05) is 22.8 Å². The van der Waals surface area contributed by atoms with Crippen molar-refractivity contribution in [2.24, 2.45) is 0 Å². The fraction of sp³-hybridized carbons (Fsp3) is 0.316. The maximum atomic E-state index is 12.6. The number of aromatic nitrogens is 1. The molecule has 0 N–H and O–H groups in total. The smallest absolute Gasteiger partial charge is 0.315 e. The van der Waals surface area contributed by atoms with Crippen LogP contribution in [-0.2, 0) is 20.9 Å². The van der Waals surface area contributed by atoms with Crippen LogP contribution in [0.15, 0.2) is 42.5 Å². The van der Waals surface area contributed by atoms with E-state index in [1.54, 1.807) is 31.2 Å². The van der Waals surface area contributed by atoms with Crippen LogP contribution in [0.1, 0.15) is 47.9 Å². The summed E-state index contributed by atoms with van der Waals surface area (Å²) in [5.74, 6) is -1.08. The molecule has 1 aliphatic rings. The van der Waals surface area contributed by atoms with Gasteiger partial charge in [0.15, 0.2) is 11.9 Å². The molecule has 2 aromatic rings. The highest BCUT2D eigenvalue weighted by molar-refractivity contribution is 6.08. The summed E-state index contributed by atoms with van der Waals surface area (Å²) in [6, 6.07) is 12.6. The molecule has 0 fully saturated rings. The van der Waals surface area contributed by atoms with E-state index in [4.69, 9.17) is 4.74 Å². The van der Waals surface area contributed by atoms with Crippen LogP contribution in [0.5, 0.6) is 0 Å². The van der Waals surface area contributed by atoms with Crippen molar-refractivity contribution in [3.63, 3.8) is 0 Å². The Balaban J connectivity index is 1.82. The van der Waals surface area contributed by atoms with E-state index in [0.29, 0.717) is 24.2 Å². The molecule has 124 valence electrons. The molecule has 5 nitrogen and oxygen atoms in total. The Kier molecular flexibility index (Phi) is 4.34. The molecule has 3 rings (SSSR count). The summed E-state index contributed by atoms with van der Waals surface area (Å²) in [6.07, 6.45) is -0.166. The van der Waals surface area contributed by atoms with Crippen molar-refractivity contribution in [3.8, 4) is 0 Å². The molecule has 24 heavy (non-hydrogen) atoms. The van der Waals surface area contributed by atoms with Gasteiger partial charge in [0.25, 0.3) is 0 Å². The molecule has 1 aromatic carbocycles. The highest BCUT2D eigenvalue weighted by Gasteiger charge is 2.34. The van der Waals surface area contributed by atoms with Crippen LogP contribution in [-0.4, -0.2) is 28.2 Å². The lowest BCUT2D eigenvalue weighted by Gasteiger charge is -2.13. The van der Waals surface area contributed by atoms with E-state index < -0.39 is 18.0 Å². The van der Waals surface area contributed by atoms with E-state index in [1.165, 1.54) is 6.92 Å². The molecule has 5 heteroatoms. The molecule has 0 spiro atoms. The van der Waals surface area contributed by atoms with Crippen LogP contribution >= 0.6 is 0 Å². The Morgan fingerprint density at radius 2 is 1.83 bits per heavy atom. The van der Waals surface area contributed by atoms with Crippen molar-refractivity contribution in [3.05, 3.63) is 59.4 Å². The molecule has 0 radical (unpaired) electrons. The summed E-state index contributed by atoms with van der Waals surface area (Å²) in [6.45, 7) is 3.55. The number of ketones is 2. The highest BCUT2D eigenvalue weighted by atomic mass is 16.5. The summed E-state index contributed by atoms with van der Waals surface area (Å²) < 4.78 is 7.09. The maximum absolute atomic E-state index is 12.6. The lowest BCUT2D eigenvalue weighted by atomic mass is 10.0. The second-order valence-corrected chi connectivity index (χ2v) is 6.02. The summed E-state index contributed by atoms with van der Waals surface area (Å²) in [7, 11) is 0. The molecule has 0 saturated heterocycles. The number of carbonyl (C=O) groups is 3. The first-order chi connectivity index (χ1) is 11.5. The first-order valence-electron chi connectivity index (χ1n) is 7.99. The standard InChI is InChI=1S/C19H19NO4/c1-12(21)13(2)24-19(23)15-10-11-20-16(15)8-9-17(20)18(22)14-6-4-3-5-7-14/h3-9,13,15H,10-11H2,1-2H3. The molecular weight excluding hydrogens is 306 g/mol. The number of ether oxygens (including phenoxy) is 1. The third kappa shape index (κ3) is 2.89. The van der Waals surface area contributed by atoms with Crippen LogP contribution < -0.4 is 0 Å². The number of fused-ring (bicyclic) bond motifs is 1. The summed E-state index contributed by atoms with van der Waals surface area (Å²) in [5.41, 5.74) is 1.97. The molecule has 0 bridgehead atoms. The lowest BCUT2D eigenvalue weighted by Crippen LogP contribution is -2.25. The molecule has 1 aromatic heterocycles. The van der Waals surface area contributed by atoms with Crippen LogP contribution in [0.4, 0.5) is 0 Å². The van der Waals surface area contributed by atoms with Crippen LogP contribution in [0.2, 0.25) is 0 Å². The summed E-state index contributed by atoms with van der Waals surface area (Å²) in [5, 5.41) is 0. The zero-order chi connectivity index (χ0) is 17.3. The average molecular weight is 325 g/mol. The highest BCUT2D eigenvalue weighted by Crippen LogP contribution is 2.32. The van der Waals surface area contributed by atoms with E-state index >= 15 is 0 Å². The molecule has 1 aliphatic heterocycles. The lowest BCUT2D eigenvalue weighted by molar-refractivity contribution is -0.154. The van der Waals surface area contributed by atoms with Crippen molar-refractivity contribution in [1.82, 2.24) is 4.57 Å². The Morgan fingerprint density at radius 3 is 2.50 bits per heavy atom. The minimum atomic E-state index is -0.744. The van der Waals surface area contributed by atoms with Crippen LogP contribution in [0.25, 0.3) is 0 Å². The maximum Gasteiger partial charge on any atom is 0.315 e. The number of nitrogens with zero attached hydrogens (tertiary/aromatic N) is 1. The van der Waals surface area contributed by atoms with Gasteiger partial charge >= 0.3 is 5.97 Å². The monoisotopic (exact) mass is 325 g/mol. The Hall–Kier alpha value is -2.69. The minimum absolute atomic E-state index is 0.0621. The van der Waals surface area contributed by atoms with E-state index in [-0.39, 0.29) is 11.6 Å². The van der Waals surface area contributed by atoms with Gasteiger partial charge in [-0.1, -0.05) is 30.3 Å². The molecule has 0 amide bonds. The predicted octanol–water partition coefficient (Wildman–Crippen LogP) is 2.73. The molecule has 0 aliphatic carbocycles. The van der Waals surface area contributed by atoms with Crippen LogP contribution in [0.3, 0.4) is 0 Å². The second kappa shape index (κ2) is 6.43. The van der Waals surface area contributed by atoms with Crippen molar-refractivity contribution >= 4 is 17.5 Å². The fourth-order valence-electron chi connectivity index (χ4n) is 2.96. The van der Waals surface area contributed by atoms with Crippen molar-refractivity contribution in [1.29, 1.82) is 0 Å². The van der Waals surface area contributed by atoms with Gasteiger partial charge in [0, 0.05) is 17.8 Å². The number of benzene rings is 1. The first-order valence-corrected chi connectivity index (χ1v) is 7.99. The molecular formula is C19H19NO4. The van der Waals surface area contributed by atoms with Gasteiger partial charge in [-0.25, -0.2) is 0 Å². The molecule has 2 heterocycles. The van der Waals surface area contributed by atoms with Gasteiger partial charge in [-0.15, -0.1) is 0 Å². The van der Waals surface area contributed by atoms with Gasteiger partial charge in [0.2, 0.25) is 5.78 Å². The fourth-order valence-corrected chi connectivity index (χ4v) is 2.96. The molecule has 0 saturated carbocycles. The van der Waals surface area contributed by atoms with Gasteiger partial charge in [-0.05, 0) is 32.4 Å². The zero-order valence-corrected chi connectivity index (χ0v) is 13.7. The Labute approximate surface area is 140 Å². The van der Waals surface area contributed by atoms with Gasteiger partial charge in [0.05, 0.1) is 11.6 Å². The SMILES string of the molecule is CC(=O)C(C)OC(=O)C1CCn2c(C(=O)c3ccccc3)ccc21. The average Bonchev–Trinajstić information content (AvgIpc) is 3.16. The quantitative estimate of drug-likeness (QED) is 0.626. The number of rotatable bonds is 5. The first kappa shape index (κ1) is 16.2. The number of Topliss-reactive ketones (excluding diaryl/α,β-unsaturated/α-hetero) is 1. The number of esters is 1. The van der Waals surface area contributed by atoms with E-state index in [2.05, 4.69) is 0 Å². The van der Waals surface area contributed by atoms with Gasteiger partial charge in [-0.2, -0.15) is 0 Å². The van der Waals surface area contributed by atoms with Gasteiger partial charge in [0.1, 0.15) is 0 Å². The number of carbonyl (C=O) groups excluding carboxylic acids is 3. The van der Waals surface area contributed by atoms with Gasteiger partial charge in [-0.3, -0.25) is 14.4 Å². The zero-order valence-electron chi connectivity index (χ0n) is 13.7. The van der Waals surface area contributed by atoms with Crippen molar-refractivity contribution in [2.75, 3.05) is 0 Å². The van der Waals surface area contributed by atoms with Crippen molar-refractivity contribution < 1.29 is 19.1 Å². The minimum Gasteiger partial charge on any atom is -0.454 e. The third-order valence-corrected chi connectivity index (χ3v) is 4.43. The normalized spacial score (nSPS) is 17.2. The van der Waals surface area contributed by atoms with E-state index in [0.717, 1.165) is 5.69 Å². The number of hydrogen-bond acceptors (Lipinski definition) is 4. The topological polar surface area (TPSA) is 65.4 Å².